The van der Waals surface area contributed by atoms with Crippen molar-refractivity contribution in [3.05, 3.63) is 40.7 Å². The second kappa shape index (κ2) is 5.57. The van der Waals surface area contributed by atoms with Crippen LogP contribution in [0.1, 0.15) is 19.0 Å². The van der Waals surface area contributed by atoms with Gasteiger partial charge in [-0.15, -0.1) is 0 Å². The summed E-state index contributed by atoms with van der Waals surface area (Å²) in [5, 5.41) is 2.81. The summed E-state index contributed by atoms with van der Waals surface area (Å²) in [6.45, 7) is 4.63. The molecule has 0 aliphatic heterocycles. The van der Waals surface area contributed by atoms with Gasteiger partial charge in [-0.05, 0) is 19.4 Å². The smallest absolute Gasteiger partial charge is 0.207 e. The van der Waals surface area contributed by atoms with Crippen LogP contribution in [0, 0.1) is 18.6 Å². The zero-order valence-electron chi connectivity index (χ0n) is 10.7. The number of nitrogens with zero attached hydrogens (tertiary/aromatic N) is 2. The van der Waals surface area contributed by atoms with Crippen molar-refractivity contribution in [2.24, 2.45) is 0 Å². The SMILES string of the molecule is CCCn1cc(C)nc1Nc1c(F)cc(F)cc1Cl. The van der Waals surface area contributed by atoms with E-state index in [2.05, 4.69) is 10.3 Å². The van der Waals surface area contributed by atoms with Gasteiger partial charge in [-0.3, -0.25) is 0 Å². The quantitative estimate of drug-likeness (QED) is 0.909. The van der Waals surface area contributed by atoms with Crippen molar-refractivity contribution in [3.8, 4) is 0 Å². The van der Waals surface area contributed by atoms with E-state index in [1.54, 1.807) is 0 Å². The van der Waals surface area contributed by atoms with Crippen molar-refractivity contribution < 1.29 is 8.78 Å². The zero-order valence-corrected chi connectivity index (χ0v) is 11.4. The fraction of sp³-hybridized carbons (Fsp3) is 0.308. The third kappa shape index (κ3) is 3.04. The first-order chi connectivity index (χ1) is 9.01. The molecule has 3 nitrogen and oxygen atoms in total. The highest BCUT2D eigenvalue weighted by Crippen LogP contribution is 2.29. The van der Waals surface area contributed by atoms with E-state index in [0.717, 1.165) is 30.8 Å². The van der Waals surface area contributed by atoms with Crippen LogP contribution in [0.5, 0.6) is 0 Å². The molecule has 0 fully saturated rings. The number of aryl methyl sites for hydroxylation is 2. The largest absolute Gasteiger partial charge is 0.322 e. The number of imidazole rings is 1. The van der Waals surface area contributed by atoms with Crippen LogP contribution < -0.4 is 5.32 Å². The van der Waals surface area contributed by atoms with Gasteiger partial charge in [0.1, 0.15) is 5.82 Å². The topological polar surface area (TPSA) is 29.9 Å². The molecule has 1 N–H and O–H groups in total. The lowest BCUT2D eigenvalue weighted by molar-refractivity contribution is 0.585. The first kappa shape index (κ1) is 13.8. The summed E-state index contributed by atoms with van der Waals surface area (Å²) in [5.41, 5.74) is 0.848. The third-order valence-electron chi connectivity index (χ3n) is 2.61. The van der Waals surface area contributed by atoms with Gasteiger partial charge in [0.05, 0.1) is 16.4 Å². The van der Waals surface area contributed by atoms with E-state index in [1.165, 1.54) is 0 Å². The van der Waals surface area contributed by atoms with E-state index in [4.69, 9.17) is 11.6 Å². The fourth-order valence-corrected chi connectivity index (χ4v) is 2.07. The van der Waals surface area contributed by atoms with E-state index in [9.17, 15) is 8.78 Å². The first-order valence-electron chi connectivity index (χ1n) is 5.96. The summed E-state index contributed by atoms with van der Waals surface area (Å²) < 4.78 is 28.5. The number of hydrogen-bond donors (Lipinski definition) is 1. The minimum absolute atomic E-state index is 0.0128. The number of nitrogens with one attached hydrogen (secondary N) is 1. The molecule has 0 saturated heterocycles. The Labute approximate surface area is 115 Å². The van der Waals surface area contributed by atoms with Crippen molar-refractivity contribution in [1.82, 2.24) is 9.55 Å². The number of halogens is 3. The summed E-state index contributed by atoms with van der Waals surface area (Å²) >= 11 is 5.84. The molecule has 2 rings (SSSR count). The lowest BCUT2D eigenvalue weighted by atomic mass is 10.3. The van der Waals surface area contributed by atoms with Gasteiger partial charge >= 0.3 is 0 Å². The summed E-state index contributed by atoms with van der Waals surface area (Å²) in [4.78, 5) is 4.26. The van der Waals surface area contributed by atoms with Crippen LogP contribution in [0.2, 0.25) is 5.02 Å². The lowest BCUT2D eigenvalue weighted by Crippen LogP contribution is -2.04. The standard InChI is InChI=1S/C13H14ClF2N3/c1-3-4-19-7-8(2)17-13(19)18-12-10(14)5-9(15)6-11(12)16/h5-7H,3-4H2,1-2H3,(H,17,18). The van der Waals surface area contributed by atoms with Gasteiger partial charge in [0.15, 0.2) is 5.82 Å². The third-order valence-corrected chi connectivity index (χ3v) is 2.90. The van der Waals surface area contributed by atoms with Gasteiger partial charge in [0.2, 0.25) is 5.95 Å². The average Bonchev–Trinajstić information content (AvgIpc) is 2.64. The average molecular weight is 286 g/mol. The molecule has 0 atom stereocenters. The maximum atomic E-state index is 13.7. The molecule has 0 radical (unpaired) electrons. The minimum atomic E-state index is -0.742. The number of anilines is 2. The first-order valence-corrected chi connectivity index (χ1v) is 6.34. The molecule has 2 aromatic rings. The summed E-state index contributed by atoms with van der Waals surface area (Å²) in [6, 6.07) is 1.85. The van der Waals surface area contributed by atoms with E-state index in [0.29, 0.717) is 5.95 Å². The second-order valence-electron chi connectivity index (χ2n) is 4.27. The van der Waals surface area contributed by atoms with Crippen LogP contribution in [0.4, 0.5) is 20.4 Å². The normalized spacial score (nSPS) is 10.8. The zero-order chi connectivity index (χ0) is 14.0. The Balaban J connectivity index is 2.36. The highest BCUT2D eigenvalue weighted by Gasteiger charge is 2.13. The van der Waals surface area contributed by atoms with E-state index in [-0.39, 0.29) is 10.7 Å². The van der Waals surface area contributed by atoms with Gasteiger partial charge in [0, 0.05) is 18.8 Å². The van der Waals surface area contributed by atoms with Gasteiger partial charge in [-0.1, -0.05) is 18.5 Å². The molecule has 1 aromatic carbocycles. The number of benzene rings is 1. The fourth-order valence-electron chi connectivity index (χ4n) is 1.83. The molecule has 6 heteroatoms. The Morgan fingerprint density at radius 2 is 2.11 bits per heavy atom. The predicted octanol–water partition coefficient (Wildman–Crippen LogP) is 4.28. The maximum absolute atomic E-state index is 13.7. The molecule has 0 spiro atoms. The summed E-state index contributed by atoms with van der Waals surface area (Å²) in [6.07, 6.45) is 2.78. The molecule has 1 heterocycles. The van der Waals surface area contributed by atoms with Crippen LogP contribution >= 0.6 is 11.6 Å². The molecule has 19 heavy (non-hydrogen) atoms. The molecule has 0 amide bonds. The Bertz CT molecular complexity index is 573. The van der Waals surface area contributed by atoms with Gasteiger partial charge in [0.25, 0.3) is 0 Å². The molecule has 0 aliphatic carbocycles. The molecular weight excluding hydrogens is 272 g/mol. The molecule has 0 unspecified atom stereocenters. The maximum Gasteiger partial charge on any atom is 0.207 e. The minimum Gasteiger partial charge on any atom is -0.322 e. The second-order valence-corrected chi connectivity index (χ2v) is 4.68. The Hall–Kier alpha value is -1.62. The molecular formula is C13H14ClF2N3. The van der Waals surface area contributed by atoms with Crippen LogP contribution in [0.3, 0.4) is 0 Å². The highest BCUT2D eigenvalue weighted by molar-refractivity contribution is 6.33. The van der Waals surface area contributed by atoms with Crippen LogP contribution in [-0.2, 0) is 6.54 Å². The van der Waals surface area contributed by atoms with Crippen molar-refractivity contribution in [2.45, 2.75) is 26.8 Å². The summed E-state index contributed by atoms with van der Waals surface area (Å²) in [7, 11) is 0. The van der Waals surface area contributed by atoms with Crippen molar-refractivity contribution in [3.63, 3.8) is 0 Å². The van der Waals surface area contributed by atoms with Gasteiger partial charge < -0.3 is 9.88 Å². The van der Waals surface area contributed by atoms with Crippen LogP contribution in [-0.4, -0.2) is 9.55 Å². The predicted molar refractivity (Wildman–Crippen MR) is 71.9 cm³/mol. The lowest BCUT2D eigenvalue weighted by Gasteiger charge is -2.11. The van der Waals surface area contributed by atoms with Crippen molar-refractivity contribution in [2.75, 3.05) is 5.32 Å². The van der Waals surface area contributed by atoms with Crippen LogP contribution in [0.15, 0.2) is 18.3 Å². The van der Waals surface area contributed by atoms with E-state index >= 15 is 0 Å². The number of rotatable bonds is 4. The van der Waals surface area contributed by atoms with Gasteiger partial charge in [-0.25, -0.2) is 13.8 Å². The molecule has 1 aromatic heterocycles. The molecule has 0 bridgehead atoms. The van der Waals surface area contributed by atoms with Crippen molar-refractivity contribution >= 4 is 23.2 Å². The van der Waals surface area contributed by atoms with Gasteiger partial charge in [-0.2, -0.15) is 0 Å². The summed E-state index contributed by atoms with van der Waals surface area (Å²) in [5.74, 6) is -0.957. The molecule has 102 valence electrons. The number of hydrogen-bond acceptors (Lipinski definition) is 2. The Morgan fingerprint density at radius 3 is 2.74 bits per heavy atom. The Morgan fingerprint density at radius 1 is 1.37 bits per heavy atom. The van der Waals surface area contributed by atoms with Crippen LogP contribution in [0.25, 0.3) is 0 Å². The van der Waals surface area contributed by atoms with E-state index in [1.807, 2.05) is 24.6 Å². The van der Waals surface area contributed by atoms with Crippen molar-refractivity contribution in [1.29, 1.82) is 0 Å². The Kier molecular flexibility index (Phi) is 4.04. The molecule has 0 saturated carbocycles. The molecule has 0 aliphatic rings. The number of aromatic nitrogens is 2. The highest BCUT2D eigenvalue weighted by atomic mass is 35.5. The monoisotopic (exact) mass is 285 g/mol. The van der Waals surface area contributed by atoms with E-state index < -0.39 is 11.6 Å².